The Hall–Kier alpha value is -0.940. The minimum absolute atomic E-state index is 0.0358. The number of hydrogen-bond donors (Lipinski definition) is 1. The Morgan fingerprint density at radius 2 is 2.22 bits per heavy atom. The van der Waals surface area contributed by atoms with E-state index >= 15 is 0 Å². The third-order valence-corrected chi connectivity index (χ3v) is 4.62. The van der Waals surface area contributed by atoms with Crippen molar-refractivity contribution >= 4 is 0 Å². The lowest BCUT2D eigenvalue weighted by atomic mass is 9.72. The van der Waals surface area contributed by atoms with Crippen molar-refractivity contribution in [2.24, 2.45) is 5.41 Å². The van der Waals surface area contributed by atoms with E-state index in [1.807, 2.05) is 0 Å². The molecule has 1 N–H and O–H groups in total. The van der Waals surface area contributed by atoms with Crippen LogP contribution in [0.25, 0.3) is 0 Å². The summed E-state index contributed by atoms with van der Waals surface area (Å²) in [6, 6.07) is 0.277. The Morgan fingerprint density at radius 1 is 1.39 bits per heavy atom. The van der Waals surface area contributed by atoms with Gasteiger partial charge in [0.05, 0.1) is 12.6 Å². The van der Waals surface area contributed by atoms with Crippen molar-refractivity contribution in [1.29, 1.82) is 0 Å². The maximum atomic E-state index is 10.6. The van der Waals surface area contributed by atoms with Crippen molar-refractivity contribution in [1.82, 2.24) is 19.7 Å². The van der Waals surface area contributed by atoms with E-state index in [0.717, 1.165) is 38.3 Å². The standard InChI is InChI=1S/C13H22N4O/c1-13(2)5-3-4-10(12(13)18)16-6-7-17-9-14-15-11(17)8-16/h9-10,12,18H,3-8H2,1-2H3. The minimum Gasteiger partial charge on any atom is -0.391 e. The lowest BCUT2D eigenvalue weighted by Gasteiger charge is -2.46. The van der Waals surface area contributed by atoms with Crippen LogP contribution in [0.2, 0.25) is 0 Å². The molecule has 5 heteroatoms. The lowest BCUT2D eigenvalue weighted by molar-refractivity contribution is -0.0644. The molecule has 0 radical (unpaired) electrons. The highest BCUT2D eigenvalue weighted by molar-refractivity contribution is 4.98. The van der Waals surface area contributed by atoms with Gasteiger partial charge in [-0.05, 0) is 18.3 Å². The van der Waals surface area contributed by atoms with Crippen LogP contribution in [0.1, 0.15) is 38.9 Å². The van der Waals surface area contributed by atoms with Gasteiger partial charge in [-0.2, -0.15) is 0 Å². The fourth-order valence-corrected chi connectivity index (χ4v) is 3.34. The number of rotatable bonds is 1. The van der Waals surface area contributed by atoms with Crippen LogP contribution in [0.3, 0.4) is 0 Å². The number of nitrogens with zero attached hydrogens (tertiary/aromatic N) is 4. The van der Waals surface area contributed by atoms with Crippen LogP contribution in [0.4, 0.5) is 0 Å². The van der Waals surface area contributed by atoms with Gasteiger partial charge in [-0.3, -0.25) is 4.90 Å². The molecule has 2 aliphatic rings. The quantitative estimate of drug-likeness (QED) is 0.809. The van der Waals surface area contributed by atoms with Crippen molar-refractivity contribution in [3.63, 3.8) is 0 Å². The summed E-state index contributed by atoms with van der Waals surface area (Å²) in [5, 5.41) is 18.7. The van der Waals surface area contributed by atoms with Gasteiger partial charge in [-0.15, -0.1) is 10.2 Å². The smallest absolute Gasteiger partial charge is 0.147 e. The van der Waals surface area contributed by atoms with Gasteiger partial charge in [-0.25, -0.2) is 0 Å². The highest BCUT2D eigenvalue weighted by atomic mass is 16.3. The predicted octanol–water partition coefficient (Wildman–Crippen LogP) is 1.03. The first-order valence-electron chi connectivity index (χ1n) is 6.87. The zero-order valence-electron chi connectivity index (χ0n) is 11.2. The Bertz CT molecular complexity index is 428. The summed E-state index contributed by atoms with van der Waals surface area (Å²) < 4.78 is 2.11. The molecule has 1 saturated carbocycles. The van der Waals surface area contributed by atoms with E-state index in [0.29, 0.717) is 0 Å². The molecule has 0 saturated heterocycles. The maximum Gasteiger partial charge on any atom is 0.147 e. The third kappa shape index (κ3) is 1.95. The Kier molecular flexibility index (Phi) is 2.90. The van der Waals surface area contributed by atoms with Crippen molar-refractivity contribution in [3.05, 3.63) is 12.2 Å². The first-order chi connectivity index (χ1) is 8.58. The zero-order chi connectivity index (χ0) is 12.8. The van der Waals surface area contributed by atoms with Gasteiger partial charge in [-0.1, -0.05) is 20.3 Å². The summed E-state index contributed by atoms with van der Waals surface area (Å²) in [7, 11) is 0. The van der Waals surface area contributed by atoms with Crippen LogP contribution in [0.15, 0.2) is 6.33 Å². The molecular weight excluding hydrogens is 228 g/mol. The fraction of sp³-hybridized carbons (Fsp3) is 0.846. The monoisotopic (exact) mass is 250 g/mol. The fourth-order valence-electron chi connectivity index (χ4n) is 3.34. The number of hydrogen-bond acceptors (Lipinski definition) is 4. The zero-order valence-corrected chi connectivity index (χ0v) is 11.2. The average Bonchev–Trinajstić information content (AvgIpc) is 2.79. The molecule has 0 spiro atoms. The number of aromatic nitrogens is 3. The molecule has 0 amide bonds. The van der Waals surface area contributed by atoms with Crippen LogP contribution in [0, 0.1) is 5.41 Å². The highest BCUT2D eigenvalue weighted by Crippen LogP contribution is 2.38. The Labute approximate surface area is 108 Å². The summed E-state index contributed by atoms with van der Waals surface area (Å²) in [4.78, 5) is 2.38. The van der Waals surface area contributed by atoms with Gasteiger partial charge in [0, 0.05) is 19.1 Å². The molecule has 1 fully saturated rings. The van der Waals surface area contributed by atoms with Gasteiger partial charge in [0.15, 0.2) is 0 Å². The highest BCUT2D eigenvalue weighted by Gasteiger charge is 2.41. The molecule has 2 heterocycles. The molecule has 3 rings (SSSR count). The maximum absolute atomic E-state index is 10.6. The molecule has 5 nitrogen and oxygen atoms in total. The second kappa shape index (κ2) is 4.31. The minimum atomic E-state index is -0.235. The molecule has 0 bridgehead atoms. The normalized spacial score (nSPS) is 32.2. The van der Waals surface area contributed by atoms with Gasteiger partial charge in [0.25, 0.3) is 0 Å². The lowest BCUT2D eigenvalue weighted by Crippen LogP contribution is -2.54. The average molecular weight is 250 g/mol. The van der Waals surface area contributed by atoms with E-state index in [1.165, 1.54) is 6.42 Å². The van der Waals surface area contributed by atoms with E-state index in [2.05, 4.69) is 33.5 Å². The predicted molar refractivity (Wildman–Crippen MR) is 67.9 cm³/mol. The van der Waals surface area contributed by atoms with Crippen molar-refractivity contribution in [3.8, 4) is 0 Å². The van der Waals surface area contributed by atoms with E-state index in [9.17, 15) is 5.11 Å². The summed E-state index contributed by atoms with van der Waals surface area (Å²) >= 11 is 0. The van der Waals surface area contributed by atoms with E-state index in [4.69, 9.17) is 0 Å². The molecule has 1 aliphatic heterocycles. The van der Waals surface area contributed by atoms with Gasteiger partial charge in [0.1, 0.15) is 12.2 Å². The van der Waals surface area contributed by atoms with Crippen LogP contribution in [-0.2, 0) is 13.1 Å². The SMILES string of the molecule is CC1(C)CCCC(N2CCn3cnnc3C2)C1O. The molecule has 1 aliphatic carbocycles. The molecule has 1 aromatic rings. The van der Waals surface area contributed by atoms with Gasteiger partial charge in [0.2, 0.25) is 0 Å². The first kappa shape index (κ1) is 12.1. The third-order valence-electron chi connectivity index (χ3n) is 4.62. The van der Waals surface area contributed by atoms with Crippen LogP contribution >= 0.6 is 0 Å². The van der Waals surface area contributed by atoms with Gasteiger partial charge < -0.3 is 9.67 Å². The van der Waals surface area contributed by atoms with Crippen LogP contribution < -0.4 is 0 Å². The topological polar surface area (TPSA) is 54.2 Å². The molecule has 2 unspecified atom stereocenters. The molecular formula is C13H22N4O. The van der Waals surface area contributed by atoms with E-state index < -0.39 is 0 Å². The van der Waals surface area contributed by atoms with Crippen molar-refractivity contribution in [2.75, 3.05) is 6.54 Å². The molecule has 18 heavy (non-hydrogen) atoms. The first-order valence-corrected chi connectivity index (χ1v) is 6.87. The number of aliphatic hydroxyl groups excluding tert-OH is 1. The number of aliphatic hydroxyl groups is 1. The van der Waals surface area contributed by atoms with E-state index in [-0.39, 0.29) is 17.6 Å². The Balaban J connectivity index is 1.76. The summed E-state index contributed by atoms with van der Waals surface area (Å²) in [5.41, 5.74) is 0.0358. The summed E-state index contributed by atoms with van der Waals surface area (Å²) in [5.74, 6) is 1.02. The Morgan fingerprint density at radius 3 is 3.06 bits per heavy atom. The van der Waals surface area contributed by atoms with Crippen LogP contribution in [-0.4, -0.2) is 43.5 Å². The van der Waals surface area contributed by atoms with Crippen molar-refractivity contribution < 1.29 is 5.11 Å². The second-order valence-electron chi connectivity index (χ2n) is 6.30. The molecule has 1 aromatic heterocycles. The van der Waals surface area contributed by atoms with Crippen molar-refractivity contribution in [2.45, 2.75) is 58.3 Å². The molecule has 0 aromatic carbocycles. The molecule has 100 valence electrons. The molecule has 2 atom stereocenters. The van der Waals surface area contributed by atoms with Crippen LogP contribution in [0.5, 0.6) is 0 Å². The second-order valence-corrected chi connectivity index (χ2v) is 6.30. The van der Waals surface area contributed by atoms with E-state index in [1.54, 1.807) is 6.33 Å². The number of fused-ring (bicyclic) bond motifs is 1. The summed E-state index contributed by atoms with van der Waals surface area (Å²) in [6.45, 7) is 7.10. The van der Waals surface area contributed by atoms with Gasteiger partial charge >= 0.3 is 0 Å². The summed E-state index contributed by atoms with van der Waals surface area (Å²) in [6.07, 6.45) is 4.99. The largest absolute Gasteiger partial charge is 0.391 e.